The number of nitrogens with zero attached hydrogens (tertiary/aromatic N) is 1. The summed E-state index contributed by atoms with van der Waals surface area (Å²) < 4.78 is 2.42. The zero-order chi connectivity index (χ0) is 9.99. The highest BCUT2D eigenvalue weighted by atomic mass is 32.3. The van der Waals surface area contributed by atoms with Crippen molar-refractivity contribution in [1.29, 1.82) is 0 Å². The molecule has 0 unspecified atom stereocenters. The van der Waals surface area contributed by atoms with Gasteiger partial charge in [-0.2, -0.15) is 20.4 Å². The Morgan fingerprint density at radius 3 is 1.33 bits per heavy atom. The van der Waals surface area contributed by atoms with Crippen LogP contribution in [0.5, 0.6) is 0 Å². The van der Waals surface area contributed by atoms with Crippen molar-refractivity contribution in [3.05, 3.63) is 24.0 Å². The molecule has 0 fully saturated rings. The highest BCUT2D eigenvalue weighted by Crippen LogP contribution is 2.60. The first kappa shape index (κ1) is 12.1. The van der Waals surface area contributed by atoms with E-state index in [0.717, 1.165) is 0 Å². The van der Waals surface area contributed by atoms with Gasteiger partial charge in [-0.15, -0.1) is 0 Å². The molecule has 0 saturated carbocycles. The van der Waals surface area contributed by atoms with E-state index in [2.05, 4.69) is 59.8 Å². The summed E-state index contributed by atoms with van der Waals surface area (Å²) in [6.45, 7) is 7.75. The van der Waals surface area contributed by atoms with Crippen LogP contribution in [0.1, 0.15) is 0 Å². The summed E-state index contributed by atoms with van der Waals surface area (Å²) in [5, 5.41) is 4.12. The van der Waals surface area contributed by atoms with Crippen LogP contribution in [0.4, 0.5) is 0 Å². The Hall–Kier alpha value is 0.140. The fourth-order valence-electron chi connectivity index (χ4n) is 0.705. The Morgan fingerprint density at radius 1 is 0.917 bits per heavy atom. The number of rotatable bonds is 4. The maximum atomic E-state index is 3.88. The van der Waals surface area contributed by atoms with Crippen molar-refractivity contribution < 1.29 is 0 Å². The fourth-order valence-corrected chi connectivity index (χ4v) is 5.45. The van der Waals surface area contributed by atoms with Crippen LogP contribution in [0.15, 0.2) is 24.0 Å². The van der Waals surface area contributed by atoms with Crippen molar-refractivity contribution in [1.82, 2.24) is 3.71 Å². The topological polar surface area (TPSA) is 3.24 Å². The molecular formula is C9H21NS2. The Morgan fingerprint density at radius 2 is 1.17 bits per heavy atom. The minimum Gasteiger partial charge on any atom is -0.228 e. The summed E-state index contributed by atoms with van der Waals surface area (Å²) in [7, 11) is 0.551. The fraction of sp³-hybridized carbons (Fsp3) is 0.556. The predicted molar refractivity (Wildman–Crippen MR) is 67.0 cm³/mol. The first-order chi connectivity index (χ1) is 5.28. The van der Waals surface area contributed by atoms with Crippen LogP contribution in [0.3, 0.4) is 0 Å². The van der Waals surface area contributed by atoms with Gasteiger partial charge in [0.15, 0.2) is 0 Å². The lowest BCUT2D eigenvalue weighted by Gasteiger charge is -2.49. The maximum absolute atomic E-state index is 3.88. The molecule has 3 heteroatoms. The maximum Gasteiger partial charge on any atom is 0.00608 e. The van der Waals surface area contributed by atoms with Crippen molar-refractivity contribution in [2.75, 3.05) is 32.1 Å². The zero-order valence-electron chi connectivity index (χ0n) is 8.83. The second kappa shape index (κ2) is 3.90. The summed E-state index contributed by atoms with van der Waals surface area (Å²) in [6.07, 6.45) is 8.99. The monoisotopic (exact) mass is 207 g/mol. The average molecular weight is 207 g/mol. The van der Waals surface area contributed by atoms with Gasteiger partial charge in [0, 0.05) is 7.05 Å². The van der Waals surface area contributed by atoms with E-state index in [1.165, 1.54) is 0 Å². The number of hydrogen-bond acceptors (Lipinski definition) is 1. The van der Waals surface area contributed by atoms with E-state index in [4.69, 9.17) is 0 Å². The van der Waals surface area contributed by atoms with E-state index in [9.17, 15) is 0 Å². The quantitative estimate of drug-likeness (QED) is 0.684. The van der Waals surface area contributed by atoms with E-state index in [-0.39, 0.29) is 0 Å². The molecule has 0 heterocycles. The molecule has 0 aliphatic carbocycles. The van der Waals surface area contributed by atoms with E-state index in [0.29, 0.717) is 0 Å². The largest absolute Gasteiger partial charge is 0.228 e. The Balaban J connectivity index is 4.69. The second-order valence-electron chi connectivity index (χ2n) is 3.47. The molecule has 0 aliphatic rings. The van der Waals surface area contributed by atoms with Crippen LogP contribution in [-0.4, -0.2) is 35.8 Å². The molecule has 0 bridgehead atoms. The van der Waals surface area contributed by atoms with Crippen molar-refractivity contribution in [2.45, 2.75) is 0 Å². The van der Waals surface area contributed by atoms with Crippen molar-refractivity contribution >= 4 is 20.4 Å². The second-order valence-corrected chi connectivity index (χ2v) is 10.9. The van der Waals surface area contributed by atoms with Crippen LogP contribution in [0.25, 0.3) is 0 Å². The lowest BCUT2D eigenvalue weighted by atomic mass is 11.3. The van der Waals surface area contributed by atoms with Gasteiger partial charge in [-0.25, -0.2) is 3.71 Å². The summed E-state index contributed by atoms with van der Waals surface area (Å²) in [5.41, 5.74) is 0. The SMILES string of the molecule is C=CS(C)(C)N(C)S(C)(C)C=C. The van der Waals surface area contributed by atoms with Crippen molar-refractivity contribution in [2.24, 2.45) is 0 Å². The molecule has 0 aromatic heterocycles. The molecule has 0 rings (SSSR count). The summed E-state index contributed by atoms with van der Waals surface area (Å²) in [6, 6.07) is 0. The zero-order valence-corrected chi connectivity index (χ0v) is 10.5. The van der Waals surface area contributed by atoms with Gasteiger partial charge in [0.25, 0.3) is 0 Å². The standard InChI is InChI=1S/C9H21NS2/c1-8-11(4,5)10(3)12(6,7)9-2/h8-9H,1-2H2,3-7H3. The van der Waals surface area contributed by atoms with Gasteiger partial charge in [-0.3, -0.25) is 0 Å². The van der Waals surface area contributed by atoms with Crippen molar-refractivity contribution in [3.63, 3.8) is 0 Å². The van der Waals surface area contributed by atoms with Gasteiger partial charge in [-0.1, -0.05) is 13.2 Å². The van der Waals surface area contributed by atoms with Gasteiger partial charge in [0.1, 0.15) is 0 Å². The molecule has 0 aliphatic heterocycles. The average Bonchev–Trinajstić information content (AvgIpc) is 2.03. The first-order valence-corrected chi connectivity index (χ1v) is 8.67. The van der Waals surface area contributed by atoms with Gasteiger partial charge in [0.2, 0.25) is 0 Å². The van der Waals surface area contributed by atoms with Crippen LogP contribution < -0.4 is 0 Å². The highest BCUT2D eigenvalue weighted by Gasteiger charge is 2.23. The van der Waals surface area contributed by atoms with E-state index in [1.54, 1.807) is 0 Å². The molecule has 0 aromatic rings. The smallest absolute Gasteiger partial charge is 0.00608 e. The third-order valence-corrected chi connectivity index (χ3v) is 8.73. The molecule has 0 saturated heterocycles. The molecule has 0 atom stereocenters. The van der Waals surface area contributed by atoms with Gasteiger partial charge < -0.3 is 0 Å². The third kappa shape index (κ3) is 2.57. The molecule has 12 heavy (non-hydrogen) atoms. The molecule has 0 aromatic carbocycles. The van der Waals surface area contributed by atoms with E-state index in [1.807, 2.05) is 0 Å². The summed E-state index contributed by atoms with van der Waals surface area (Å²) >= 11 is 0. The van der Waals surface area contributed by atoms with Gasteiger partial charge in [0.05, 0.1) is 0 Å². The lowest BCUT2D eigenvalue weighted by molar-refractivity contribution is 0.911. The Bertz CT molecular complexity index is 165. The van der Waals surface area contributed by atoms with Gasteiger partial charge >= 0.3 is 0 Å². The molecular weight excluding hydrogens is 186 g/mol. The van der Waals surface area contributed by atoms with Crippen LogP contribution in [-0.2, 0) is 0 Å². The molecule has 0 spiro atoms. The minimum absolute atomic E-state index is 0.805. The molecule has 74 valence electrons. The Labute approximate surface area is 80.4 Å². The van der Waals surface area contributed by atoms with Crippen LogP contribution >= 0.6 is 20.4 Å². The number of hydrogen-bond donors (Lipinski definition) is 0. The van der Waals surface area contributed by atoms with Crippen LogP contribution in [0, 0.1) is 0 Å². The first-order valence-electron chi connectivity index (χ1n) is 3.73. The highest BCUT2D eigenvalue weighted by molar-refractivity contribution is 8.46. The van der Waals surface area contributed by atoms with E-state index < -0.39 is 20.4 Å². The van der Waals surface area contributed by atoms with Crippen LogP contribution in [0.2, 0.25) is 0 Å². The lowest BCUT2D eigenvalue weighted by Crippen LogP contribution is -2.22. The summed E-state index contributed by atoms with van der Waals surface area (Å²) in [4.78, 5) is 0. The molecule has 1 nitrogen and oxygen atoms in total. The van der Waals surface area contributed by atoms with Crippen molar-refractivity contribution in [3.8, 4) is 0 Å². The Kier molecular flexibility index (Phi) is 3.94. The summed E-state index contributed by atoms with van der Waals surface area (Å²) in [5.74, 6) is 0. The molecule has 0 N–H and O–H groups in total. The van der Waals surface area contributed by atoms with Gasteiger partial charge in [-0.05, 0) is 35.8 Å². The minimum atomic E-state index is -0.805. The predicted octanol–water partition coefficient (Wildman–Crippen LogP) is 3.16. The normalized spacial score (nSPS) is 15.8. The molecule has 0 amide bonds. The van der Waals surface area contributed by atoms with E-state index >= 15 is 0 Å². The third-order valence-electron chi connectivity index (χ3n) is 2.14. The molecule has 0 radical (unpaired) electrons.